The van der Waals surface area contributed by atoms with Gasteiger partial charge in [0.25, 0.3) is 0 Å². The van der Waals surface area contributed by atoms with Crippen LogP contribution in [0.4, 0.5) is 21.8 Å². The normalized spacial score (nSPS) is 21.0. The first kappa shape index (κ1) is 20.8. The van der Waals surface area contributed by atoms with Crippen LogP contribution in [0.2, 0.25) is 0 Å². The second-order valence-corrected chi connectivity index (χ2v) is 8.57. The lowest BCUT2D eigenvalue weighted by Gasteiger charge is -2.34. The molecule has 2 aromatic rings. The number of nitrogens with zero attached hydrogens (tertiary/aromatic N) is 4. The number of likely N-dealkylation sites (tertiary alicyclic amines) is 1. The average molecular weight is 439 g/mol. The van der Waals surface area contributed by atoms with Crippen LogP contribution < -0.4 is 10.6 Å². The summed E-state index contributed by atoms with van der Waals surface area (Å²) in [5, 5.41) is 6.34. The predicted molar refractivity (Wildman–Crippen MR) is 119 cm³/mol. The summed E-state index contributed by atoms with van der Waals surface area (Å²) < 4.78 is 19.7. The Kier molecular flexibility index (Phi) is 5.75. The second kappa shape index (κ2) is 8.84. The topological polar surface area (TPSA) is 82.6 Å². The SMILES string of the molecule is C=CC(=O)N1CCCC(Nc2nc(Nc3ccc4c(c3)CN(C3COC3)C4)ncc2F)C1. The maximum Gasteiger partial charge on any atom is 0.246 e. The van der Waals surface area contributed by atoms with Crippen LogP contribution >= 0.6 is 0 Å². The highest BCUT2D eigenvalue weighted by atomic mass is 19.1. The standard InChI is InChI=1S/C23H27FN6O2/c1-2-21(31)29-7-3-4-18(12-29)26-22-20(24)9-25-23(28-22)27-17-6-5-15-10-30(11-16(15)8-17)19-13-32-14-19/h2,5-6,8-9,18-19H,1,3-4,7,10-14H2,(H2,25,26,27,28). The smallest absolute Gasteiger partial charge is 0.246 e. The van der Waals surface area contributed by atoms with Gasteiger partial charge >= 0.3 is 0 Å². The van der Waals surface area contributed by atoms with Crippen LogP contribution in [-0.2, 0) is 22.6 Å². The molecule has 0 radical (unpaired) electrons. The summed E-state index contributed by atoms with van der Waals surface area (Å²) in [5.41, 5.74) is 3.46. The Balaban J connectivity index is 1.25. The molecule has 0 bridgehead atoms. The van der Waals surface area contributed by atoms with Crippen molar-refractivity contribution in [3.63, 3.8) is 0 Å². The van der Waals surface area contributed by atoms with Gasteiger partial charge in [-0.05, 0) is 42.2 Å². The van der Waals surface area contributed by atoms with Gasteiger partial charge in [-0.15, -0.1) is 0 Å². The highest BCUT2D eigenvalue weighted by molar-refractivity contribution is 5.87. The van der Waals surface area contributed by atoms with Crippen LogP contribution in [0.25, 0.3) is 0 Å². The number of fused-ring (bicyclic) bond motifs is 1. The number of amides is 1. The summed E-state index contributed by atoms with van der Waals surface area (Å²) in [7, 11) is 0. The number of ether oxygens (including phenoxy) is 1. The van der Waals surface area contributed by atoms with Gasteiger partial charge in [0.05, 0.1) is 25.5 Å². The Labute approximate surface area is 186 Å². The third-order valence-electron chi connectivity index (χ3n) is 6.34. The van der Waals surface area contributed by atoms with Crippen molar-refractivity contribution >= 4 is 23.4 Å². The third-order valence-corrected chi connectivity index (χ3v) is 6.34. The van der Waals surface area contributed by atoms with E-state index in [0.717, 1.165) is 44.8 Å². The van der Waals surface area contributed by atoms with Crippen molar-refractivity contribution in [1.29, 1.82) is 0 Å². The van der Waals surface area contributed by atoms with Crippen LogP contribution in [-0.4, -0.2) is 64.1 Å². The van der Waals surface area contributed by atoms with Crippen molar-refractivity contribution < 1.29 is 13.9 Å². The van der Waals surface area contributed by atoms with Gasteiger partial charge in [-0.25, -0.2) is 9.37 Å². The molecule has 3 aliphatic rings. The van der Waals surface area contributed by atoms with Crippen LogP contribution in [0, 0.1) is 5.82 Å². The number of halogens is 1. The van der Waals surface area contributed by atoms with Gasteiger partial charge in [-0.2, -0.15) is 4.98 Å². The summed E-state index contributed by atoms with van der Waals surface area (Å²) in [6, 6.07) is 6.65. The van der Waals surface area contributed by atoms with E-state index >= 15 is 0 Å². The number of benzene rings is 1. The molecule has 0 saturated carbocycles. The summed E-state index contributed by atoms with van der Waals surface area (Å²) in [6.45, 7) is 8.17. The molecule has 1 amide bonds. The van der Waals surface area contributed by atoms with E-state index in [4.69, 9.17) is 4.74 Å². The number of carbonyl (C=O) groups excluding carboxylic acids is 1. The first-order valence-corrected chi connectivity index (χ1v) is 11.0. The van der Waals surface area contributed by atoms with E-state index in [1.54, 1.807) is 4.90 Å². The minimum Gasteiger partial charge on any atom is -0.378 e. The Bertz CT molecular complexity index is 1030. The van der Waals surface area contributed by atoms with Crippen LogP contribution in [0.15, 0.2) is 37.1 Å². The first-order valence-electron chi connectivity index (χ1n) is 11.0. The highest BCUT2D eigenvalue weighted by Gasteiger charge is 2.30. The zero-order chi connectivity index (χ0) is 22.1. The number of rotatable bonds is 6. The van der Waals surface area contributed by atoms with E-state index in [1.165, 1.54) is 23.4 Å². The third kappa shape index (κ3) is 4.31. The highest BCUT2D eigenvalue weighted by Crippen LogP contribution is 2.30. The van der Waals surface area contributed by atoms with Crippen molar-refractivity contribution in [2.45, 2.75) is 38.0 Å². The van der Waals surface area contributed by atoms with Crippen molar-refractivity contribution in [3.8, 4) is 0 Å². The molecule has 1 aromatic heterocycles. The van der Waals surface area contributed by atoms with E-state index in [1.807, 2.05) is 6.07 Å². The zero-order valence-corrected chi connectivity index (χ0v) is 17.9. The molecule has 0 spiro atoms. The molecule has 1 atom stereocenters. The molecule has 1 aromatic carbocycles. The molecule has 0 aliphatic carbocycles. The maximum atomic E-state index is 14.4. The van der Waals surface area contributed by atoms with Gasteiger partial charge in [0.2, 0.25) is 11.9 Å². The van der Waals surface area contributed by atoms with E-state index in [2.05, 4.69) is 44.2 Å². The maximum absolute atomic E-state index is 14.4. The van der Waals surface area contributed by atoms with Crippen molar-refractivity contribution in [3.05, 3.63) is 54.0 Å². The number of hydrogen-bond acceptors (Lipinski definition) is 7. The monoisotopic (exact) mass is 438 g/mol. The summed E-state index contributed by atoms with van der Waals surface area (Å²) >= 11 is 0. The predicted octanol–water partition coefficient (Wildman–Crippen LogP) is 2.66. The van der Waals surface area contributed by atoms with Gasteiger partial charge in [0.15, 0.2) is 11.6 Å². The minimum absolute atomic E-state index is 0.0774. The lowest BCUT2D eigenvalue weighted by atomic mass is 10.1. The Morgan fingerprint density at radius 1 is 1.28 bits per heavy atom. The molecular weight excluding hydrogens is 411 g/mol. The fourth-order valence-corrected chi connectivity index (χ4v) is 4.47. The van der Waals surface area contributed by atoms with Gasteiger partial charge in [-0.3, -0.25) is 9.69 Å². The summed E-state index contributed by atoms with van der Waals surface area (Å²) in [5.74, 6) is -0.166. The average Bonchev–Trinajstić information content (AvgIpc) is 3.17. The van der Waals surface area contributed by atoms with Crippen molar-refractivity contribution in [1.82, 2.24) is 19.8 Å². The Hall–Kier alpha value is -3.04. The molecule has 2 saturated heterocycles. The quantitative estimate of drug-likeness (QED) is 0.671. The van der Waals surface area contributed by atoms with E-state index < -0.39 is 5.82 Å². The van der Waals surface area contributed by atoms with Gasteiger partial charge < -0.3 is 20.3 Å². The van der Waals surface area contributed by atoms with Crippen LogP contribution in [0.1, 0.15) is 24.0 Å². The molecule has 9 heteroatoms. The zero-order valence-electron chi connectivity index (χ0n) is 17.9. The van der Waals surface area contributed by atoms with Crippen molar-refractivity contribution in [2.75, 3.05) is 36.9 Å². The molecule has 2 fully saturated rings. The van der Waals surface area contributed by atoms with Gasteiger partial charge in [0, 0.05) is 37.9 Å². The fraction of sp³-hybridized carbons (Fsp3) is 0.435. The summed E-state index contributed by atoms with van der Waals surface area (Å²) in [4.78, 5) is 24.5. The number of nitrogens with one attached hydrogen (secondary N) is 2. The molecule has 5 rings (SSSR count). The largest absolute Gasteiger partial charge is 0.378 e. The second-order valence-electron chi connectivity index (χ2n) is 8.57. The number of anilines is 3. The van der Waals surface area contributed by atoms with Gasteiger partial charge in [0.1, 0.15) is 0 Å². The van der Waals surface area contributed by atoms with Crippen molar-refractivity contribution in [2.24, 2.45) is 0 Å². The summed E-state index contributed by atoms with van der Waals surface area (Å²) in [6.07, 6.45) is 4.15. The lowest BCUT2D eigenvalue weighted by molar-refractivity contribution is -0.127. The number of piperidine rings is 1. The molecule has 3 aliphatic heterocycles. The van der Waals surface area contributed by atoms with Crippen LogP contribution in [0.3, 0.4) is 0 Å². The Morgan fingerprint density at radius 2 is 2.12 bits per heavy atom. The van der Waals surface area contributed by atoms with Gasteiger partial charge in [-0.1, -0.05) is 12.6 Å². The first-order chi connectivity index (χ1) is 15.6. The molecule has 4 heterocycles. The minimum atomic E-state index is -0.518. The van der Waals surface area contributed by atoms with Crippen LogP contribution in [0.5, 0.6) is 0 Å². The molecule has 168 valence electrons. The number of carbonyl (C=O) groups is 1. The Morgan fingerprint density at radius 3 is 2.91 bits per heavy atom. The molecule has 8 nitrogen and oxygen atoms in total. The van der Waals surface area contributed by atoms with E-state index in [9.17, 15) is 9.18 Å². The fourth-order valence-electron chi connectivity index (χ4n) is 4.47. The molecular formula is C23H27FN6O2. The number of aromatic nitrogens is 2. The molecule has 1 unspecified atom stereocenters. The van der Waals surface area contributed by atoms with E-state index in [-0.39, 0.29) is 17.8 Å². The van der Waals surface area contributed by atoms with E-state index in [0.29, 0.717) is 25.1 Å². The number of hydrogen-bond donors (Lipinski definition) is 2. The lowest BCUT2D eigenvalue weighted by Crippen LogP contribution is -2.46. The molecule has 2 N–H and O–H groups in total. The molecule has 32 heavy (non-hydrogen) atoms.